The molecule has 1 unspecified atom stereocenters. The molecule has 0 aliphatic rings. The number of nitrogens with two attached hydrogens (primary N) is 1. The summed E-state index contributed by atoms with van der Waals surface area (Å²) in [6, 6.07) is 0. The van der Waals surface area contributed by atoms with Gasteiger partial charge in [0, 0.05) is 24.2 Å². The van der Waals surface area contributed by atoms with Crippen LogP contribution >= 0.6 is 11.8 Å². The predicted octanol–water partition coefficient (Wildman–Crippen LogP) is 1.61. The zero-order valence-electron chi connectivity index (χ0n) is 8.03. The molecule has 13 heavy (non-hydrogen) atoms. The average Bonchev–Trinajstić information content (AvgIpc) is 2.17. The first-order valence-electron chi connectivity index (χ1n) is 4.41. The molecule has 0 spiro atoms. The molecule has 0 aliphatic carbocycles. The zero-order chi connectivity index (χ0) is 9.68. The van der Waals surface area contributed by atoms with E-state index in [-0.39, 0.29) is 0 Å². The van der Waals surface area contributed by atoms with Gasteiger partial charge in [-0.15, -0.1) is 0 Å². The standard InChI is InChI=1S/C9H15N3S/c1-3-8(4-10)13-9-11-5-7(2)6-12-9/h5-6,8H,3-4,10H2,1-2H3. The number of nitrogens with zero attached hydrogens (tertiary/aromatic N) is 2. The van der Waals surface area contributed by atoms with Crippen LogP contribution in [0.5, 0.6) is 0 Å². The summed E-state index contributed by atoms with van der Waals surface area (Å²) >= 11 is 1.65. The maximum absolute atomic E-state index is 5.58. The van der Waals surface area contributed by atoms with E-state index in [1.165, 1.54) is 0 Å². The van der Waals surface area contributed by atoms with Gasteiger partial charge >= 0.3 is 0 Å². The summed E-state index contributed by atoms with van der Waals surface area (Å²) in [5.41, 5.74) is 6.67. The minimum atomic E-state index is 0.433. The molecule has 2 N–H and O–H groups in total. The van der Waals surface area contributed by atoms with Crippen LogP contribution in [0.15, 0.2) is 17.6 Å². The third-order valence-electron chi connectivity index (χ3n) is 1.75. The Hall–Kier alpha value is -0.610. The number of hydrogen-bond donors (Lipinski definition) is 1. The summed E-state index contributed by atoms with van der Waals surface area (Å²) in [4.78, 5) is 8.42. The van der Waals surface area contributed by atoms with Crippen molar-refractivity contribution in [2.24, 2.45) is 5.73 Å². The number of rotatable bonds is 4. The van der Waals surface area contributed by atoms with Crippen molar-refractivity contribution in [1.82, 2.24) is 9.97 Å². The Bertz CT molecular complexity index is 244. The van der Waals surface area contributed by atoms with E-state index in [1.54, 1.807) is 11.8 Å². The summed E-state index contributed by atoms with van der Waals surface area (Å²) in [7, 11) is 0. The van der Waals surface area contributed by atoms with Crippen molar-refractivity contribution in [3.05, 3.63) is 18.0 Å². The van der Waals surface area contributed by atoms with Crippen molar-refractivity contribution in [3.63, 3.8) is 0 Å². The Kier molecular flexibility index (Phi) is 4.18. The lowest BCUT2D eigenvalue weighted by atomic mass is 10.3. The first-order chi connectivity index (χ1) is 6.26. The molecule has 0 bridgehead atoms. The van der Waals surface area contributed by atoms with E-state index in [9.17, 15) is 0 Å². The van der Waals surface area contributed by atoms with Gasteiger partial charge in [0.15, 0.2) is 5.16 Å². The molecule has 0 aliphatic heterocycles. The Balaban J connectivity index is 2.58. The SMILES string of the molecule is CCC(CN)Sc1ncc(C)cn1. The third-order valence-corrected chi connectivity index (χ3v) is 3.03. The molecular weight excluding hydrogens is 182 g/mol. The highest BCUT2D eigenvalue weighted by Gasteiger charge is 2.07. The molecule has 0 radical (unpaired) electrons. The van der Waals surface area contributed by atoms with Crippen LogP contribution < -0.4 is 5.73 Å². The molecule has 3 nitrogen and oxygen atoms in total. The summed E-state index contributed by atoms with van der Waals surface area (Å²) < 4.78 is 0. The van der Waals surface area contributed by atoms with E-state index in [0.717, 1.165) is 17.1 Å². The van der Waals surface area contributed by atoms with Crippen LogP contribution in [0.2, 0.25) is 0 Å². The molecular formula is C9H15N3S. The summed E-state index contributed by atoms with van der Waals surface area (Å²) in [6.45, 7) is 4.78. The van der Waals surface area contributed by atoms with Crippen molar-refractivity contribution >= 4 is 11.8 Å². The molecule has 0 amide bonds. The molecule has 0 fully saturated rings. The van der Waals surface area contributed by atoms with Gasteiger partial charge in [0.2, 0.25) is 0 Å². The zero-order valence-corrected chi connectivity index (χ0v) is 8.84. The van der Waals surface area contributed by atoms with Crippen LogP contribution in [0.25, 0.3) is 0 Å². The third kappa shape index (κ3) is 3.32. The summed E-state index contributed by atoms with van der Waals surface area (Å²) in [5.74, 6) is 0. The Labute approximate surface area is 83.2 Å². The largest absolute Gasteiger partial charge is 0.329 e. The van der Waals surface area contributed by atoms with Crippen LogP contribution in [-0.4, -0.2) is 21.8 Å². The topological polar surface area (TPSA) is 51.8 Å². The van der Waals surface area contributed by atoms with Crippen molar-refractivity contribution in [3.8, 4) is 0 Å². The number of hydrogen-bond acceptors (Lipinski definition) is 4. The van der Waals surface area contributed by atoms with Crippen molar-refractivity contribution in [2.45, 2.75) is 30.7 Å². The molecule has 1 aromatic heterocycles. The van der Waals surface area contributed by atoms with Crippen LogP contribution in [0.1, 0.15) is 18.9 Å². The second-order valence-corrected chi connectivity index (χ2v) is 4.19. The van der Waals surface area contributed by atoms with Gasteiger partial charge in [-0.1, -0.05) is 18.7 Å². The van der Waals surface area contributed by atoms with Gasteiger partial charge in [-0.3, -0.25) is 0 Å². The van der Waals surface area contributed by atoms with Crippen molar-refractivity contribution < 1.29 is 0 Å². The lowest BCUT2D eigenvalue weighted by molar-refractivity contribution is 0.817. The molecule has 0 saturated heterocycles. The number of aromatic nitrogens is 2. The average molecular weight is 197 g/mol. The highest BCUT2D eigenvalue weighted by atomic mass is 32.2. The Morgan fingerprint density at radius 2 is 2.08 bits per heavy atom. The molecule has 1 atom stereocenters. The smallest absolute Gasteiger partial charge is 0.187 e. The lowest BCUT2D eigenvalue weighted by Crippen LogP contribution is -2.15. The maximum Gasteiger partial charge on any atom is 0.187 e. The van der Waals surface area contributed by atoms with Crippen LogP contribution in [-0.2, 0) is 0 Å². The molecule has 1 rings (SSSR count). The van der Waals surface area contributed by atoms with E-state index in [1.807, 2.05) is 19.3 Å². The van der Waals surface area contributed by atoms with Crippen LogP contribution in [0.3, 0.4) is 0 Å². The lowest BCUT2D eigenvalue weighted by Gasteiger charge is -2.09. The minimum Gasteiger partial charge on any atom is -0.329 e. The maximum atomic E-state index is 5.58. The van der Waals surface area contributed by atoms with Gasteiger partial charge in [-0.05, 0) is 18.9 Å². The highest BCUT2D eigenvalue weighted by Crippen LogP contribution is 2.20. The first-order valence-corrected chi connectivity index (χ1v) is 5.29. The predicted molar refractivity (Wildman–Crippen MR) is 55.8 cm³/mol. The van der Waals surface area contributed by atoms with Gasteiger partial charge in [0.1, 0.15) is 0 Å². The second kappa shape index (κ2) is 5.19. The molecule has 4 heteroatoms. The number of aryl methyl sites for hydroxylation is 1. The van der Waals surface area contributed by atoms with E-state index < -0.39 is 0 Å². The molecule has 1 aromatic rings. The van der Waals surface area contributed by atoms with Crippen molar-refractivity contribution in [2.75, 3.05) is 6.54 Å². The second-order valence-electron chi connectivity index (χ2n) is 2.93. The van der Waals surface area contributed by atoms with E-state index in [4.69, 9.17) is 5.73 Å². The van der Waals surface area contributed by atoms with Gasteiger partial charge < -0.3 is 5.73 Å². The minimum absolute atomic E-state index is 0.433. The fourth-order valence-electron chi connectivity index (χ4n) is 0.889. The van der Waals surface area contributed by atoms with Gasteiger partial charge in [0.05, 0.1) is 0 Å². The van der Waals surface area contributed by atoms with E-state index in [0.29, 0.717) is 11.8 Å². The Morgan fingerprint density at radius 1 is 1.46 bits per heavy atom. The van der Waals surface area contributed by atoms with Gasteiger partial charge in [-0.25, -0.2) is 9.97 Å². The molecule has 72 valence electrons. The number of thioether (sulfide) groups is 1. The van der Waals surface area contributed by atoms with Crippen molar-refractivity contribution in [1.29, 1.82) is 0 Å². The fraction of sp³-hybridized carbons (Fsp3) is 0.556. The van der Waals surface area contributed by atoms with Crippen LogP contribution in [0, 0.1) is 6.92 Å². The summed E-state index contributed by atoms with van der Waals surface area (Å²) in [5, 5.41) is 1.26. The molecule has 1 heterocycles. The quantitative estimate of drug-likeness (QED) is 0.588. The van der Waals surface area contributed by atoms with Crippen LogP contribution in [0.4, 0.5) is 0 Å². The normalized spacial score (nSPS) is 12.8. The Morgan fingerprint density at radius 3 is 2.54 bits per heavy atom. The monoisotopic (exact) mass is 197 g/mol. The van der Waals surface area contributed by atoms with Gasteiger partial charge in [0.25, 0.3) is 0 Å². The highest BCUT2D eigenvalue weighted by molar-refractivity contribution is 7.99. The van der Waals surface area contributed by atoms with Gasteiger partial charge in [-0.2, -0.15) is 0 Å². The summed E-state index contributed by atoms with van der Waals surface area (Å²) in [6.07, 6.45) is 4.72. The fourth-order valence-corrected chi connectivity index (χ4v) is 1.68. The van der Waals surface area contributed by atoms with E-state index in [2.05, 4.69) is 16.9 Å². The molecule has 0 saturated carbocycles. The van der Waals surface area contributed by atoms with E-state index >= 15 is 0 Å². The molecule has 0 aromatic carbocycles. The first kappa shape index (κ1) is 10.5.